The summed E-state index contributed by atoms with van der Waals surface area (Å²) in [6, 6.07) is 15.9. The van der Waals surface area contributed by atoms with Crippen LogP contribution in [0.5, 0.6) is 0 Å². The summed E-state index contributed by atoms with van der Waals surface area (Å²) in [6.07, 6.45) is -0.325. The van der Waals surface area contributed by atoms with E-state index in [0.717, 1.165) is 16.0 Å². The second-order valence-corrected chi connectivity index (χ2v) is 4.64. The molecule has 0 atom stereocenters. The molecule has 104 valence electrons. The van der Waals surface area contributed by atoms with Gasteiger partial charge in [-0.2, -0.15) is 0 Å². The molecule has 1 fully saturated rings. The zero-order valence-electron chi connectivity index (χ0n) is 11.1. The second kappa shape index (κ2) is 5.20. The van der Waals surface area contributed by atoms with Gasteiger partial charge in [0.1, 0.15) is 6.42 Å². The van der Waals surface area contributed by atoms with E-state index in [1.807, 2.05) is 42.5 Å². The fraction of sp³-hybridized carbons (Fsp3) is 0.0625. The lowest BCUT2D eigenvalue weighted by molar-refractivity contribution is -0.128. The summed E-state index contributed by atoms with van der Waals surface area (Å²) in [5, 5.41) is 2.16. The zero-order chi connectivity index (χ0) is 14.8. The van der Waals surface area contributed by atoms with Crippen molar-refractivity contribution in [3.05, 3.63) is 54.6 Å². The summed E-state index contributed by atoms with van der Waals surface area (Å²) in [7, 11) is 0. The van der Waals surface area contributed by atoms with Gasteiger partial charge in [-0.25, -0.2) is 9.69 Å². The Morgan fingerprint density at radius 1 is 0.857 bits per heavy atom. The van der Waals surface area contributed by atoms with Gasteiger partial charge in [-0.1, -0.05) is 48.5 Å². The number of hydrogen-bond donors (Lipinski definition) is 1. The van der Waals surface area contributed by atoms with Gasteiger partial charge in [0.25, 0.3) is 0 Å². The number of urea groups is 1. The number of nitrogens with zero attached hydrogens (tertiary/aromatic N) is 1. The molecular weight excluding hydrogens is 268 g/mol. The molecule has 0 aliphatic carbocycles. The quantitative estimate of drug-likeness (QED) is 0.858. The number of hydrogen-bond acceptors (Lipinski definition) is 3. The first-order valence-electron chi connectivity index (χ1n) is 6.48. The number of barbiturate groups is 1. The van der Waals surface area contributed by atoms with E-state index in [2.05, 4.69) is 5.32 Å². The largest absolute Gasteiger partial charge is 0.335 e. The van der Waals surface area contributed by atoms with Gasteiger partial charge >= 0.3 is 6.03 Å². The van der Waals surface area contributed by atoms with Gasteiger partial charge in [0, 0.05) is 5.56 Å². The molecule has 0 bridgehead atoms. The molecule has 0 spiro atoms. The van der Waals surface area contributed by atoms with E-state index in [1.54, 1.807) is 12.1 Å². The van der Waals surface area contributed by atoms with E-state index >= 15 is 0 Å². The smallest absolute Gasteiger partial charge is 0.277 e. The van der Waals surface area contributed by atoms with Gasteiger partial charge in [0.15, 0.2) is 0 Å². The number of rotatable bonds is 2. The Labute approximate surface area is 121 Å². The second-order valence-electron chi connectivity index (χ2n) is 4.64. The molecule has 2 aromatic carbocycles. The highest BCUT2D eigenvalue weighted by Crippen LogP contribution is 2.31. The lowest BCUT2D eigenvalue weighted by atomic mass is 10.0. The van der Waals surface area contributed by atoms with Crippen LogP contribution in [-0.2, 0) is 9.59 Å². The maximum Gasteiger partial charge on any atom is 0.335 e. The molecule has 3 rings (SSSR count). The van der Waals surface area contributed by atoms with E-state index in [1.165, 1.54) is 0 Å². The number of benzene rings is 2. The molecule has 5 nitrogen and oxygen atoms in total. The van der Waals surface area contributed by atoms with Gasteiger partial charge in [0.05, 0.1) is 5.69 Å². The average Bonchev–Trinajstić information content (AvgIpc) is 2.48. The zero-order valence-corrected chi connectivity index (χ0v) is 11.1. The highest BCUT2D eigenvalue weighted by atomic mass is 16.2. The molecule has 0 radical (unpaired) electrons. The van der Waals surface area contributed by atoms with Crippen molar-refractivity contribution in [1.82, 2.24) is 5.32 Å². The summed E-state index contributed by atoms with van der Waals surface area (Å²) in [4.78, 5) is 36.3. The molecule has 4 amide bonds. The van der Waals surface area contributed by atoms with Crippen LogP contribution >= 0.6 is 0 Å². The molecular formula is C16H12N2O3. The standard InChI is InChI=1S/C16H12N2O3/c19-14-10-15(20)18(16(21)17-14)13-9-5-4-8-12(13)11-6-2-1-3-7-11/h1-9H,10H2,(H,17,19,21). The van der Waals surface area contributed by atoms with Crippen LogP contribution in [0, 0.1) is 0 Å². The number of para-hydroxylation sites is 1. The maximum absolute atomic E-state index is 12.0. The minimum atomic E-state index is -0.709. The fourth-order valence-electron chi connectivity index (χ4n) is 2.32. The predicted molar refractivity (Wildman–Crippen MR) is 77.5 cm³/mol. The first kappa shape index (κ1) is 13.1. The molecule has 1 N–H and O–H groups in total. The number of imide groups is 2. The van der Waals surface area contributed by atoms with Crippen molar-refractivity contribution in [2.45, 2.75) is 6.42 Å². The summed E-state index contributed by atoms with van der Waals surface area (Å²) in [5.74, 6) is -1.09. The van der Waals surface area contributed by atoms with Crippen molar-refractivity contribution in [2.75, 3.05) is 4.90 Å². The molecule has 0 saturated carbocycles. The molecule has 2 aromatic rings. The Morgan fingerprint density at radius 3 is 2.24 bits per heavy atom. The van der Waals surface area contributed by atoms with Gasteiger partial charge in [-0.3, -0.25) is 14.9 Å². The fourth-order valence-corrected chi connectivity index (χ4v) is 2.32. The minimum Gasteiger partial charge on any atom is -0.277 e. The third-order valence-electron chi connectivity index (χ3n) is 3.24. The maximum atomic E-state index is 12.0. The predicted octanol–water partition coefficient (Wildman–Crippen LogP) is 2.33. The van der Waals surface area contributed by atoms with E-state index in [9.17, 15) is 14.4 Å². The molecule has 1 saturated heterocycles. The van der Waals surface area contributed by atoms with Crippen molar-refractivity contribution in [3.63, 3.8) is 0 Å². The molecule has 0 aromatic heterocycles. The van der Waals surface area contributed by atoms with Crippen molar-refractivity contribution in [2.24, 2.45) is 0 Å². The molecule has 5 heteroatoms. The molecule has 21 heavy (non-hydrogen) atoms. The van der Waals surface area contributed by atoms with Crippen LogP contribution in [-0.4, -0.2) is 17.8 Å². The molecule has 1 aliphatic rings. The number of nitrogens with one attached hydrogen (secondary N) is 1. The van der Waals surface area contributed by atoms with Crippen LogP contribution in [0.1, 0.15) is 6.42 Å². The monoisotopic (exact) mass is 280 g/mol. The van der Waals surface area contributed by atoms with Crippen molar-refractivity contribution in [3.8, 4) is 11.1 Å². The summed E-state index contributed by atoms with van der Waals surface area (Å²) in [6.45, 7) is 0. The van der Waals surface area contributed by atoms with Crippen molar-refractivity contribution < 1.29 is 14.4 Å². The average molecular weight is 280 g/mol. The van der Waals surface area contributed by atoms with E-state index in [0.29, 0.717) is 5.69 Å². The molecule has 0 unspecified atom stereocenters. The highest BCUT2D eigenvalue weighted by molar-refractivity contribution is 6.27. The third-order valence-corrected chi connectivity index (χ3v) is 3.24. The Bertz CT molecular complexity index is 705. The topological polar surface area (TPSA) is 66.5 Å². The SMILES string of the molecule is O=C1CC(=O)N(c2ccccc2-c2ccccc2)C(=O)N1. The van der Waals surface area contributed by atoms with Gasteiger partial charge in [-0.05, 0) is 11.6 Å². The normalized spacial score (nSPS) is 15.0. The van der Waals surface area contributed by atoms with E-state index in [-0.39, 0.29) is 6.42 Å². The Morgan fingerprint density at radius 2 is 1.52 bits per heavy atom. The summed E-state index contributed by atoms with van der Waals surface area (Å²) < 4.78 is 0. The number of anilines is 1. The number of carbonyl (C=O) groups is 3. The van der Waals surface area contributed by atoms with Crippen LogP contribution in [0.4, 0.5) is 10.5 Å². The van der Waals surface area contributed by atoms with Crippen molar-refractivity contribution in [1.29, 1.82) is 0 Å². The highest BCUT2D eigenvalue weighted by Gasteiger charge is 2.33. The Kier molecular flexibility index (Phi) is 3.23. The number of carbonyl (C=O) groups excluding carboxylic acids is 3. The van der Waals surface area contributed by atoms with Crippen molar-refractivity contribution >= 4 is 23.5 Å². The summed E-state index contributed by atoms with van der Waals surface area (Å²) >= 11 is 0. The van der Waals surface area contributed by atoms with E-state index in [4.69, 9.17) is 0 Å². The first-order chi connectivity index (χ1) is 10.2. The lowest BCUT2D eigenvalue weighted by Crippen LogP contribution is -2.53. The minimum absolute atomic E-state index is 0.325. The Balaban J connectivity index is 2.09. The number of amides is 4. The van der Waals surface area contributed by atoms with Gasteiger partial charge in [0.2, 0.25) is 11.8 Å². The third kappa shape index (κ3) is 2.41. The molecule has 1 heterocycles. The van der Waals surface area contributed by atoms with E-state index < -0.39 is 17.8 Å². The van der Waals surface area contributed by atoms with Gasteiger partial charge < -0.3 is 0 Å². The molecule has 1 aliphatic heterocycles. The lowest BCUT2D eigenvalue weighted by Gasteiger charge is -2.26. The Hall–Kier alpha value is -2.95. The first-order valence-corrected chi connectivity index (χ1v) is 6.48. The van der Waals surface area contributed by atoms with Crippen LogP contribution in [0.15, 0.2) is 54.6 Å². The van der Waals surface area contributed by atoms with Crippen LogP contribution in [0.2, 0.25) is 0 Å². The summed E-state index contributed by atoms with van der Waals surface area (Å²) in [5.41, 5.74) is 2.13. The van der Waals surface area contributed by atoms with Crippen LogP contribution < -0.4 is 10.2 Å². The van der Waals surface area contributed by atoms with Crippen LogP contribution in [0.3, 0.4) is 0 Å². The van der Waals surface area contributed by atoms with Gasteiger partial charge in [-0.15, -0.1) is 0 Å². The van der Waals surface area contributed by atoms with Crippen LogP contribution in [0.25, 0.3) is 11.1 Å².